The summed E-state index contributed by atoms with van der Waals surface area (Å²) in [5, 5.41) is 0. The molecular weight excluding hydrogens is 527 g/mol. The molecule has 0 radical (unpaired) electrons. The van der Waals surface area contributed by atoms with E-state index in [1.54, 1.807) is 19.0 Å². The van der Waals surface area contributed by atoms with Gasteiger partial charge in [-0.05, 0) is 26.2 Å². The Bertz CT molecular complexity index is 1520. The number of hydrogen-bond donors (Lipinski definition) is 1. The van der Waals surface area contributed by atoms with E-state index in [1.807, 2.05) is 60.7 Å². The molecule has 4 rings (SSSR count). The Morgan fingerprint density at radius 3 is 2.10 bits per heavy atom. The van der Waals surface area contributed by atoms with Crippen molar-refractivity contribution in [2.45, 2.75) is 11.1 Å². The number of likely N-dealkylation sites (N-methyl/N-ethyl adjacent to an activating group) is 1. The molecule has 0 bridgehead atoms. The van der Waals surface area contributed by atoms with Crippen LogP contribution < -0.4 is 4.72 Å². The van der Waals surface area contributed by atoms with E-state index in [0.29, 0.717) is 18.5 Å². The molecule has 4 aromatic rings. The van der Waals surface area contributed by atoms with Gasteiger partial charge in [0.1, 0.15) is 4.90 Å². The van der Waals surface area contributed by atoms with Crippen molar-refractivity contribution in [1.29, 1.82) is 0 Å². The van der Waals surface area contributed by atoms with E-state index in [0.717, 1.165) is 23.4 Å². The first-order valence-electron chi connectivity index (χ1n) is 11.9. The lowest BCUT2D eigenvalue weighted by atomic mass is 10.0. The van der Waals surface area contributed by atoms with Crippen molar-refractivity contribution in [2.24, 2.45) is 4.99 Å². The van der Waals surface area contributed by atoms with E-state index in [2.05, 4.69) is 14.7 Å². The highest BCUT2D eigenvalue weighted by Gasteiger charge is 2.32. The highest BCUT2D eigenvalue weighted by atomic mass is 32.2. The fourth-order valence-electron chi connectivity index (χ4n) is 3.74. The molecule has 0 aliphatic heterocycles. The average molecular weight is 554 g/mol. The highest BCUT2D eigenvalue weighted by Crippen LogP contribution is 2.34. The number of hydrogen-bond acceptors (Lipinski definition) is 6. The summed E-state index contributed by atoms with van der Waals surface area (Å²) in [7, 11) is -0.606. The summed E-state index contributed by atoms with van der Waals surface area (Å²) in [5.74, 6) is 0. The van der Waals surface area contributed by atoms with E-state index in [9.17, 15) is 21.6 Å². The summed E-state index contributed by atoms with van der Waals surface area (Å²) in [6, 6.07) is 20.8. The summed E-state index contributed by atoms with van der Waals surface area (Å²) in [6.45, 7) is 0.500. The van der Waals surface area contributed by atoms with Gasteiger partial charge in [-0.25, -0.2) is 18.1 Å². The molecule has 0 aliphatic carbocycles. The summed E-state index contributed by atoms with van der Waals surface area (Å²) in [6.07, 6.45) is -1.49. The number of halogens is 3. The van der Waals surface area contributed by atoms with Gasteiger partial charge in [0.05, 0.1) is 28.9 Å². The van der Waals surface area contributed by atoms with Crippen LogP contribution in [0, 0.1) is 0 Å². The molecule has 2 aromatic heterocycles. The molecule has 0 fully saturated rings. The Morgan fingerprint density at radius 2 is 1.54 bits per heavy atom. The summed E-state index contributed by atoms with van der Waals surface area (Å²) in [5.41, 5.74) is 1.13. The van der Waals surface area contributed by atoms with Gasteiger partial charge in [0, 0.05) is 42.2 Å². The second-order valence-electron chi connectivity index (χ2n) is 8.89. The van der Waals surface area contributed by atoms with Gasteiger partial charge >= 0.3 is 6.18 Å². The normalized spacial score (nSPS) is 11.9. The Labute approximate surface area is 225 Å². The number of alkyl halides is 3. The summed E-state index contributed by atoms with van der Waals surface area (Å²) >= 11 is 0. The standard InChI is InChI=1S/C28H26F3N5O2S/c1-36(2)14-13-34-39(37,38)25-16-24(19-33-27(25)22-15-23(18-32-17-22)28(29,30)31)35-26(20-9-5-3-6-10-20)21-11-7-4-8-12-21/h3-12,15-19,34H,13-14H2,1-2H3. The van der Waals surface area contributed by atoms with Crippen LogP contribution in [0.5, 0.6) is 0 Å². The molecular formula is C28H26F3N5O2S. The molecule has 202 valence electrons. The maximum atomic E-state index is 13.4. The predicted molar refractivity (Wildman–Crippen MR) is 144 cm³/mol. The number of rotatable bonds is 9. The van der Waals surface area contributed by atoms with Crippen molar-refractivity contribution in [1.82, 2.24) is 19.6 Å². The lowest BCUT2D eigenvalue weighted by Gasteiger charge is -2.15. The lowest BCUT2D eigenvalue weighted by Crippen LogP contribution is -2.31. The van der Waals surface area contributed by atoms with Crippen LogP contribution >= 0.6 is 0 Å². The minimum absolute atomic E-state index is 0.0836. The monoisotopic (exact) mass is 553 g/mol. The molecule has 39 heavy (non-hydrogen) atoms. The number of aromatic nitrogens is 2. The van der Waals surface area contributed by atoms with Gasteiger partial charge in [0.25, 0.3) is 0 Å². The molecule has 2 aromatic carbocycles. The topological polar surface area (TPSA) is 87.5 Å². The minimum Gasteiger partial charge on any atom is -0.308 e. The highest BCUT2D eigenvalue weighted by molar-refractivity contribution is 7.89. The molecule has 1 N–H and O–H groups in total. The molecule has 0 saturated heterocycles. The number of sulfonamides is 1. The van der Waals surface area contributed by atoms with E-state index < -0.39 is 21.8 Å². The maximum absolute atomic E-state index is 13.4. The third-order valence-electron chi connectivity index (χ3n) is 5.65. The molecule has 0 saturated carbocycles. The predicted octanol–water partition coefficient (Wildman–Crippen LogP) is 5.17. The van der Waals surface area contributed by atoms with Crippen molar-refractivity contribution in [3.63, 3.8) is 0 Å². The Morgan fingerprint density at radius 1 is 0.923 bits per heavy atom. The zero-order valence-corrected chi connectivity index (χ0v) is 22.0. The van der Waals surface area contributed by atoms with Crippen LogP contribution in [-0.4, -0.2) is 56.2 Å². The second kappa shape index (κ2) is 11.9. The Hall–Kier alpha value is -3.93. The Balaban J connectivity index is 1.88. The first-order valence-corrected chi connectivity index (χ1v) is 13.4. The molecule has 2 heterocycles. The fourth-order valence-corrected chi connectivity index (χ4v) is 4.96. The smallest absolute Gasteiger partial charge is 0.308 e. The second-order valence-corrected chi connectivity index (χ2v) is 10.6. The first kappa shape index (κ1) is 28.1. The Kier molecular flexibility index (Phi) is 8.54. The quantitative estimate of drug-likeness (QED) is 0.289. The number of benzene rings is 2. The van der Waals surface area contributed by atoms with Gasteiger partial charge in [0.2, 0.25) is 10.0 Å². The maximum Gasteiger partial charge on any atom is 0.417 e. The third kappa shape index (κ3) is 7.14. The van der Waals surface area contributed by atoms with E-state index in [1.165, 1.54) is 12.3 Å². The zero-order chi connectivity index (χ0) is 28.0. The minimum atomic E-state index is -4.66. The van der Waals surface area contributed by atoms with Gasteiger partial charge in [-0.15, -0.1) is 0 Å². The van der Waals surface area contributed by atoms with Gasteiger partial charge < -0.3 is 4.90 Å². The van der Waals surface area contributed by atoms with Crippen LogP contribution in [-0.2, 0) is 16.2 Å². The van der Waals surface area contributed by atoms with E-state index >= 15 is 0 Å². The summed E-state index contributed by atoms with van der Waals surface area (Å²) < 4.78 is 69.4. The van der Waals surface area contributed by atoms with E-state index in [4.69, 9.17) is 4.99 Å². The molecule has 0 atom stereocenters. The van der Waals surface area contributed by atoms with Crippen molar-refractivity contribution in [3.8, 4) is 11.3 Å². The molecule has 0 amide bonds. The molecule has 11 heteroatoms. The van der Waals surface area contributed by atoms with E-state index in [-0.39, 0.29) is 28.4 Å². The molecule has 0 spiro atoms. The number of nitrogens with one attached hydrogen (secondary N) is 1. The third-order valence-corrected chi connectivity index (χ3v) is 7.13. The summed E-state index contributed by atoms with van der Waals surface area (Å²) in [4.78, 5) is 14.2. The van der Waals surface area contributed by atoms with Gasteiger partial charge in [-0.3, -0.25) is 9.97 Å². The van der Waals surface area contributed by atoms with Crippen LogP contribution in [0.1, 0.15) is 16.7 Å². The fraction of sp³-hybridized carbons (Fsp3) is 0.179. The number of pyridine rings is 2. The largest absolute Gasteiger partial charge is 0.417 e. The van der Waals surface area contributed by atoms with Crippen LogP contribution in [0.4, 0.5) is 18.9 Å². The van der Waals surface area contributed by atoms with Crippen molar-refractivity contribution in [2.75, 3.05) is 27.2 Å². The zero-order valence-electron chi connectivity index (χ0n) is 21.2. The van der Waals surface area contributed by atoms with Crippen molar-refractivity contribution in [3.05, 3.63) is 108 Å². The SMILES string of the molecule is CN(C)CCNS(=O)(=O)c1cc(N=C(c2ccccc2)c2ccccc2)cnc1-c1cncc(C(F)(F)F)c1. The van der Waals surface area contributed by atoms with Crippen LogP contribution in [0.3, 0.4) is 0 Å². The number of nitrogens with zero attached hydrogens (tertiary/aromatic N) is 4. The lowest BCUT2D eigenvalue weighted by molar-refractivity contribution is -0.137. The first-order chi connectivity index (χ1) is 18.5. The van der Waals surface area contributed by atoms with Crippen LogP contribution in [0.25, 0.3) is 11.3 Å². The molecule has 0 unspecified atom stereocenters. The van der Waals surface area contributed by atoms with Gasteiger partial charge in [0.15, 0.2) is 0 Å². The molecule has 7 nitrogen and oxygen atoms in total. The average Bonchev–Trinajstić information content (AvgIpc) is 2.92. The number of aliphatic imine (C=N–C) groups is 1. The van der Waals surface area contributed by atoms with Gasteiger partial charge in [-0.2, -0.15) is 13.2 Å². The van der Waals surface area contributed by atoms with Crippen LogP contribution in [0.15, 0.2) is 101 Å². The van der Waals surface area contributed by atoms with Gasteiger partial charge in [-0.1, -0.05) is 60.7 Å². The molecule has 0 aliphatic rings. The van der Waals surface area contributed by atoms with Crippen molar-refractivity contribution < 1.29 is 21.6 Å². The van der Waals surface area contributed by atoms with Crippen molar-refractivity contribution >= 4 is 21.4 Å². The van der Waals surface area contributed by atoms with Crippen LogP contribution in [0.2, 0.25) is 0 Å².